The number of pyridine rings is 1. The van der Waals surface area contributed by atoms with Crippen molar-refractivity contribution in [2.75, 3.05) is 12.4 Å². The number of nitrogens with zero attached hydrogens (tertiary/aromatic N) is 1. The fourth-order valence-corrected chi connectivity index (χ4v) is 5.21. The number of ether oxygens (including phenoxy) is 1. The maximum Gasteiger partial charge on any atom is 0.276 e. The third kappa shape index (κ3) is 4.87. The van der Waals surface area contributed by atoms with Crippen LogP contribution in [0.15, 0.2) is 70.3 Å². The minimum Gasteiger partial charge on any atom is -0.497 e. The first kappa shape index (κ1) is 22.7. The van der Waals surface area contributed by atoms with E-state index in [2.05, 4.69) is 26.2 Å². The maximum absolute atomic E-state index is 13.6. The molecule has 0 aliphatic rings. The molecule has 10 heteroatoms. The Balaban J connectivity index is 2.15. The number of nitrogens with one attached hydrogen (secondary N) is 2. The molecule has 1 heterocycles. The minimum atomic E-state index is -3.97. The van der Waals surface area contributed by atoms with Crippen molar-refractivity contribution in [1.29, 1.82) is 0 Å². The summed E-state index contributed by atoms with van der Waals surface area (Å²) in [5, 5.41) is 10.9. The van der Waals surface area contributed by atoms with Crippen LogP contribution >= 0.6 is 15.9 Å². The zero-order chi connectivity index (χ0) is 22.6. The smallest absolute Gasteiger partial charge is 0.276 e. The number of sulfone groups is 1. The number of amides is 1. The van der Waals surface area contributed by atoms with Gasteiger partial charge in [0.25, 0.3) is 5.91 Å². The van der Waals surface area contributed by atoms with E-state index in [0.29, 0.717) is 21.3 Å². The lowest BCUT2D eigenvalue weighted by Crippen LogP contribution is -2.26. The number of carbonyl (C=O) groups excluding carboxylic acids is 1. The number of rotatable bonds is 7. The van der Waals surface area contributed by atoms with Crippen LogP contribution in [0, 0.1) is 6.92 Å². The summed E-state index contributed by atoms with van der Waals surface area (Å²) < 4.78 is 32.9. The van der Waals surface area contributed by atoms with Gasteiger partial charge in [-0.1, -0.05) is 22.0 Å². The Labute approximate surface area is 188 Å². The van der Waals surface area contributed by atoms with Crippen LogP contribution in [0.25, 0.3) is 0 Å². The van der Waals surface area contributed by atoms with Gasteiger partial charge in [0.2, 0.25) is 9.84 Å². The van der Waals surface area contributed by atoms with Crippen molar-refractivity contribution >= 4 is 37.4 Å². The molecule has 1 atom stereocenters. The highest BCUT2D eigenvalue weighted by Crippen LogP contribution is 2.34. The molecule has 1 amide bonds. The molecule has 8 nitrogen and oxygen atoms in total. The molecular formula is C21H20BrN3O5S. The molecule has 0 aliphatic heterocycles. The highest BCUT2D eigenvalue weighted by atomic mass is 79.9. The predicted molar refractivity (Wildman–Crippen MR) is 119 cm³/mol. The Morgan fingerprint density at radius 3 is 2.48 bits per heavy atom. The fraction of sp³-hybridized carbons (Fsp3) is 0.143. The molecule has 1 unspecified atom stereocenters. The summed E-state index contributed by atoms with van der Waals surface area (Å²) in [6.07, 6.45) is 2.98. The average molecular weight is 506 g/mol. The molecule has 3 N–H and O–H groups in total. The van der Waals surface area contributed by atoms with Crippen molar-refractivity contribution in [3.05, 3.63) is 82.1 Å². The Bertz CT molecular complexity index is 1190. The van der Waals surface area contributed by atoms with Crippen LogP contribution in [0.4, 0.5) is 5.69 Å². The van der Waals surface area contributed by atoms with Gasteiger partial charge < -0.3 is 10.1 Å². The SMILES string of the molecule is COc1ccc(S(=O)(=O)C(Nc2c(C)cc(Br)cc2C(=O)NO)c2cccnc2)cc1. The highest BCUT2D eigenvalue weighted by molar-refractivity contribution is 9.10. The second-order valence-corrected chi connectivity index (χ2v) is 9.57. The van der Waals surface area contributed by atoms with Crippen LogP contribution in [0.2, 0.25) is 0 Å². The summed E-state index contributed by atoms with van der Waals surface area (Å²) in [6, 6.07) is 12.5. The lowest BCUT2D eigenvalue weighted by molar-refractivity contribution is 0.0707. The first-order valence-corrected chi connectivity index (χ1v) is 11.4. The van der Waals surface area contributed by atoms with Crippen molar-refractivity contribution < 1.29 is 23.2 Å². The molecule has 0 saturated carbocycles. The van der Waals surface area contributed by atoms with Crippen LogP contribution in [0.1, 0.15) is 26.9 Å². The van der Waals surface area contributed by atoms with Gasteiger partial charge in [-0.05, 0) is 55.0 Å². The van der Waals surface area contributed by atoms with E-state index in [1.807, 2.05) is 0 Å². The summed E-state index contributed by atoms with van der Waals surface area (Å²) in [5.74, 6) is -0.255. The number of hydroxylamine groups is 1. The molecule has 0 radical (unpaired) electrons. The second-order valence-electron chi connectivity index (χ2n) is 6.62. The summed E-state index contributed by atoms with van der Waals surface area (Å²) >= 11 is 3.32. The third-order valence-corrected chi connectivity index (χ3v) is 7.01. The summed E-state index contributed by atoms with van der Waals surface area (Å²) in [6.45, 7) is 1.72. The number of methoxy groups -OCH3 is 1. The Kier molecular flexibility index (Phi) is 6.94. The highest BCUT2D eigenvalue weighted by Gasteiger charge is 2.31. The molecule has 0 aliphatic carbocycles. The van der Waals surface area contributed by atoms with Crippen LogP contribution < -0.4 is 15.5 Å². The van der Waals surface area contributed by atoms with E-state index in [9.17, 15) is 13.2 Å². The topological polar surface area (TPSA) is 118 Å². The minimum absolute atomic E-state index is 0.0672. The number of hydrogen-bond acceptors (Lipinski definition) is 7. The standard InChI is InChI=1S/C21H20BrN3O5S/c1-13-10-15(22)11-18(20(26)25-27)19(13)24-21(14-4-3-9-23-12-14)31(28,29)17-7-5-16(30-2)6-8-17/h3-12,21,24,27H,1-2H3,(H,25,26). The van der Waals surface area contributed by atoms with E-state index in [1.165, 1.54) is 37.7 Å². The van der Waals surface area contributed by atoms with Crippen LogP contribution in [0.5, 0.6) is 5.75 Å². The molecule has 31 heavy (non-hydrogen) atoms. The summed E-state index contributed by atoms with van der Waals surface area (Å²) in [7, 11) is -2.47. The summed E-state index contributed by atoms with van der Waals surface area (Å²) in [5.41, 5.74) is 2.93. The van der Waals surface area contributed by atoms with Gasteiger partial charge in [0, 0.05) is 22.4 Å². The van der Waals surface area contributed by atoms with E-state index in [-0.39, 0.29) is 16.1 Å². The fourth-order valence-electron chi connectivity index (χ4n) is 3.08. The molecule has 0 saturated heterocycles. The molecular weight excluding hydrogens is 486 g/mol. The second kappa shape index (κ2) is 9.46. The third-order valence-electron chi connectivity index (χ3n) is 4.61. The van der Waals surface area contributed by atoms with Crippen molar-refractivity contribution in [3.63, 3.8) is 0 Å². The Hall–Kier alpha value is -2.95. The molecule has 162 valence electrons. The van der Waals surface area contributed by atoms with E-state index in [1.54, 1.807) is 42.7 Å². The first-order valence-electron chi connectivity index (χ1n) is 9.07. The van der Waals surface area contributed by atoms with Gasteiger partial charge in [-0.25, -0.2) is 13.9 Å². The van der Waals surface area contributed by atoms with Gasteiger partial charge in [-0.3, -0.25) is 15.0 Å². The molecule has 2 aromatic carbocycles. The number of carbonyl (C=O) groups is 1. The molecule has 0 spiro atoms. The number of aromatic nitrogens is 1. The average Bonchev–Trinajstić information content (AvgIpc) is 2.78. The molecule has 3 rings (SSSR count). The Morgan fingerprint density at radius 1 is 1.19 bits per heavy atom. The molecule has 0 bridgehead atoms. The van der Waals surface area contributed by atoms with Crippen LogP contribution in [0.3, 0.4) is 0 Å². The van der Waals surface area contributed by atoms with E-state index in [4.69, 9.17) is 9.94 Å². The predicted octanol–water partition coefficient (Wildman–Crippen LogP) is 3.86. The monoisotopic (exact) mass is 505 g/mol. The summed E-state index contributed by atoms with van der Waals surface area (Å²) in [4.78, 5) is 16.4. The molecule has 0 fully saturated rings. The normalized spacial score (nSPS) is 12.1. The van der Waals surface area contributed by atoms with Gasteiger partial charge >= 0.3 is 0 Å². The van der Waals surface area contributed by atoms with E-state index in [0.717, 1.165) is 0 Å². The van der Waals surface area contributed by atoms with Gasteiger partial charge in [0.05, 0.1) is 23.3 Å². The molecule has 1 aromatic heterocycles. The van der Waals surface area contributed by atoms with Crippen LogP contribution in [-0.4, -0.2) is 31.6 Å². The van der Waals surface area contributed by atoms with E-state index < -0.39 is 21.1 Å². The number of hydrogen-bond donors (Lipinski definition) is 3. The zero-order valence-corrected chi connectivity index (χ0v) is 19.1. The number of aryl methyl sites for hydroxylation is 1. The van der Waals surface area contributed by atoms with Gasteiger partial charge in [-0.2, -0.15) is 0 Å². The van der Waals surface area contributed by atoms with E-state index >= 15 is 0 Å². The van der Waals surface area contributed by atoms with Crippen molar-refractivity contribution in [2.24, 2.45) is 0 Å². The van der Waals surface area contributed by atoms with Crippen LogP contribution in [-0.2, 0) is 9.84 Å². The number of benzene rings is 2. The first-order chi connectivity index (χ1) is 14.8. The van der Waals surface area contributed by atoms with Gasteiger partial charge in [-0.15, -0.1) is 0 Å². The van der Waals surface area contributed by atoms with Crippen molar-refractivity contribution in [3.8, 4) is 5.75 Å². The molecule has 3 aromatic rings. The van der Waals surface area contributed by atoms with Crippen molar-refractivity contribution in [2.45, 2.75) is 17.2 Å². The lowest BCUT2D eigenvalue weighted by Gasteiger charge is -2.23. The quantitative estimate of drug-likeness (QED) is 0.329. The maximum atomic E-state index is 13.6. The van der Waals surface area contributed by atoms with Gasteiger partial charge in [0.1, 0.15) is 5.75 Å². The number of halogens is 1. The van der Waals surface area contributed by atoms with Gasteiger partial charge in [0.15, 0.2) is 5.37 Å². The number of anilines is 1. The van der Waals surface area contributed by atoms with Crippen molar-refractivity contribution in [1.82, 2.24) is 10.5 Å². The zero-order valence-electron chi connectivity index (χ0n) is 16.7. The lowest BCUT2D eigenvalue weighted by atomic mass is 10.1. The Morgan fingerprint density at radius 2 is 1.90 bits per heavy atom. The largest absolute Gasteiger partial charge is 0.497 e.